The van der Waals surface area contributed by atoms with Gasteiger partial charge in [-0.25, -0.2) is 4.99 Å². The fourth-order valence-corrected chi connectivity index (χ4v) is 1.68. The van der Waals surface area contributed by atoms with E-state index in [1.807, 2.05) is 19.1 Å². The Balaban J connectivity index is 2.47. The van der Waals surface area contributed by atoms with Crippen LogP contribution < -0.4 is 11.1 Å². The maximum absolute atomic E-state index is 5.62. The number of hydrogen-bond donors (Lipinski definition) is 2. The molecule has 1 aromatic rings. The molecular formula is C12H15N3. The van der Waals surface area contributed by atoms with Crippen LogP contribution in [-0.4, -0.2) is 12.4 Å². The summed E-state index contributed by atoms with van der Waals surface area (Å²) < 4.78 is 0. The van der Waals surface area contributed by atoms with Crippen LogP contribution in [0.2, 0.25) is 0 Å². The van der Waals surface area contributed by atoms with Crippen molar-refractivity contribution in [1.29, 1.82) is 0 Å². The average Bonchev–Trinajstić information content (AvgIpc) is 2.41. The zero-order valence-corrected chi connectivity index (χ0v) is 8.83. The monoisotopic (exact) mass is 201 g/mol. The lowest BCUT2D eigenvalue weighted by atomic mass is 10.1. The first-order valence-corrected chi connectivity index (χ1v) is 5.11. The minimum Gasteiger partial charge on any atom is -0.387 e. The second kappa shape index (κ2) is 4.17. The van der Waals surface area contributed by atoms with Gasteiger partial charge in [-0.1, -0.05) is 24.3 Å². The van der Waals surface area contributed by atoms with Crippen LogP contribution in [-0.2, 0) is 0 Å². The van der Waals surface area contributed by atoms with Gasteiger partial charge in [0.15, 0.2) is 0 Å². The summed E-state index contributed by atoms with van der Waals surface area (Å²) >= 11 is 0. The highest BCUT2D eigenvalue weighted by Gasteiger charge is 2.08. The Kier molecular flexibility index (Phi) is 2.72. The molecule has 0 saturated carbocycles. The van der Waals surface area contributed by atoms with E-state index in [0.29, 0.717) is 5.84 Å². The number of rotatable bonds is 1. The molecule has 0 saturated heterocycles. The number of anilines is 1. The molecule has 0 radical (unpaired) electrons. The number of nitrogens with two attached hydrogens (primary N) is 1. The Morgan fingerprint density at radius 2 is 2.20 bits per heavy atom. The van der Waals surface area contributed by atoms with Gasteiger partial charge in [-0.05, 0) is 19.4 Å². The van der Waals surface area contributed by atoms with Crippen LogP contribution in [0.4, 0.5) is 5.69 Å². The van der Waals surface area contributed by atoms with E-state index in [1.165, 1.54) is 0 Å². The van der Waals surface area contributed by atoms with E-state index in [0.717, 1.165) is 29.9 Å². The van der Waals surface area contributed by atoms with Gasteiger partial charge in [-0.2, -0.15) is 0 Å². The van der Waals surface area contributed by atoms with Crippen molar-refractivity contribution in [3.63, 3.8) is 0 Å². The Morgan fingerprint density at radius 3 is 3.00 bits per heavy atom. The van der Waals surface area contributed by atoms with Crippen LogP contribution in [0, 0.1) is 0 Å². The molecule has 3 heteroatoms. The SMILES string of the molecule is CC(N)=NC1=CCCNc2ccccc21. The topological polar surface area (TPSA) is 50.4 Å². The fourth-order valence-electron chi connectivity index (χ4n) is 1.68. The van der Waals surface area contributed by atoms with Gasteiger partial charge < -0.3 is 11.1 Å². The van der Waals surface area contributed by atoms with Crippen molar-refractivity contribution in [1.82, 2.24) is 0 Å². The molecule has 2 rings (SSSR count). The highest BCUT2D eigenvalue weighted by atomic mass is 14.9. The first kappa shape index (κ1) is 9.77. The summed E-state index contributed by atoms with van der Waals surface area (Å²) in [6.07, 6.45) is 3.09. The third-order valence-electron chi connectivity index (χ3n) is 2.30. The standard InChI is InChI=1S/C12H15N3/c1-9(13)15-12-7-4-8-14-11-6-3-2-5-10(11)12/h2-3,5-7,14H,4,8H2,1H3,(H2,13,15). The van der Waals surface area contributed by atoms with Gasteiger partial charge in [0.05, 0.1) is 11.5 Å². The summed E-state index contributed by atoms with van der Waals surface area (Å²) in [6, 6.07) is 8.16. The second-order valence-electron chi connectivity index (χ2n) is 3.60. The number of nitrogens with zero attached hydrogens (tertiary/aromatic N) is 1. The summed E-state index contributed by atoms with van der Waals surface area (Å²) in [5.41, 5.74) is 8.84. The lowest BCUT2D eigenvalue weighted by molar-refractivity contribution is 1.08. The molecule has 3 N–H and O–H groups in total. The van der Waals surface area contributed by atoms with Crippen molar-refractivity contribution in [2.45, 2.75) is 13.3 Å². The Hall–Kier alpha value is -1.77. The molecule has 3 nitrogen and oxygen atoms in total. The van der Waals surface area contributed by atoms with E-state index in [-0.39, 0.29) is 0 Å². The van der Waals surface area contributed by atoms with Gasteiger partial charge in [0, 0.05) is 17.8 Å². The van der Waals surface area contributed by atoms with E-state index in [1.54, 1.807) is 0 Å². The van der Waals surface area contributed by atoms with Crippen LogP contribution in [0.15, 0.2) is 35.3 Å². The van der Waals surface area contributed by atoms with Gasteiger partial charge in [-0.15, -0.1) is 0 Å². The molecule has 1 aromatic carbocycles. The molecule has 0 unspecified atom stereocenters. The lowest BCUT2D eigenvalue weighted by Crippen LogP contribution is -2.05. The van der Waals surface area contributed by atoms with Gasteiger partial charge in [0.1, 0.15) is 0 Å². The van der Waals surface area contributed by atoms with Gasteiger partial charge in [0.2, 0.25) is 0 Å². The number of benzene rings is 1. The van der Waals surface area contributed by atoms with Gasteiger partial charge >= 0.3 is 0 Å². The Labute approximate surface area is 89.7 Å². The van der Waals surface area contributed by atoms with Crippen LogP contribution >= 0.6 is 0 Å². The highest BCUT2D eigenvalue weighted by molar-refractivity contribution is 5.87. The molecule has 0 fully saturated rings. The highest BCUT2D eigenvalue weighted by Crippen LogP contribution is 2.27. The molecule has 0 amide bonds. The smallest absolute Gasteiger partial charge is 0.0965 e. The van der Waals surface area contributed by atoms with Crippen molar-refractivity contribution >= 4 is 17.2 Å². The molecule has 0 atom stereocenters. The quantitative estimate of drug-likeness (QED) is 0.540. The number of fused-ring (bicyclic) bond motifs is 1. The number of aliphatic imine (C=N–C) groups is 1. The third-order valence-corrected chi connectivity index (χ3v) is 2.30. The summed E-state index contributed by atoms with van der Waals surface area (Å²) in [6.45, 7) is 2.75. The molecule has 0 spiro atoms. The minimum atomic E-state index is 0.595. The first-order valence-electron chi connectivity index (χ1n) is 5.11. The van der Waals surface area contributed by atoms with Crippen molar-refractivity contribution < 1.29 is 0 Å². The largest absolute Gasteiger partial charge is 0.387 e. The van der Waals surface area contributed by atoms with Crippen molar-refractivity contribution in [2.24, 2.45) is 10.7 Å². The predicted octanol–water partition coefficient (Wildman–Crippen LogP) is 2.22. The number of para-hydroxylation sites is 1. The van der Waals surface area contributed by atoms with Crippen molar-refractivity contribution in [3.8, 4) is 0 Å². The molecule has 78 valence electrons. The second-order valence-corrected chi connectivity index (χ2v) is 3.60. The summed E-state index contributed by atoms with van der Waals surface area (Å²) in [5, 5.41) is 3.37. The normalized spacial score (nSPS) is 16.1. The average molecular weight is 201 g/mol. The van der Waals surface area contributed by atoms with Gasteiger partial charge in [0.25, 0.3) is 0 Å². The lowest BCUT2D eigenvalue weighted by Gasteiger charge is -2.08. The first-order chi connectivity index (χ1) is 7.27. The molecular weight excluding hydrogens is 186 g/mol. The van der Waals surface area contributed by atoms with Crippen LogP contribution in [0.1, 0.15) is 18.9 Å². The molecule has 1 aliphatic rings. The minimum absolute atomic E-state index is 0.595. The molecule has 1 heterocycles. The van der Waals surface area contributed by atoms with Gasteiger partial charge in [-0.3, -0.25) is 0 Å². The maximum atomic E-state index is 5.62. The number of amidine groups is 1. The van der Waals surface area contributed by atoms with Crippen molar-refractivity contribution in [2.75, 3.05) is 11.9 Å². The number of hydrogen-bond acceptors (Lipinski definition) is 2. The zero-order valence-electron chi connectivity index (χ0n) is 8.83. The van der Waals surface area contributed by atoms with Crippen molar-refractivity contribution in [3.05, 3.63) is 35.9 Å². The summed E-state index contributed by atoms with van der Waals surface area (Å²) in [7, 11) is 0. The van der Waals surface area contributed by atoms with E-state index >= 15 is 0 Å². The van der Waals surface area contributed by atoms with Crippen LogP contribution in [0.25, 0.3) is 5.70 Å². The van der Waals surface area contributed by atoms with Crippen LogP contribution in [0.5, 0.6) is 0 Å². The Morgan fingerprint density at radius 1 is 1.40 bits per heavy atom. The number of nitrogens with one attached hydrogen (secondary N) is 1. The maximum Gasteiger partial charge on any atom is 0.0965 e. The predicted molar refractivity (Wildman–Crippen MR) is 64.8 cm³/mol. The third kappa shape index (κ3) is 2.18. The van der Waals surface area contributed by atoms with E-state index in [4.69, 9.17) is 5.73 Å². The zero-order chi connectivity index (χ0) is 10.7. The molecule has 1 aliphatic heterocycles. The summed E-state index contributed by atoms with van der Waals surface area (Å²) in [5.74, 6) is 0.595. The molecule has 0 aliphatic carbocycles. The van der Waals surface area contributed by atoms with E-state index < -0.39 is 0 Å². The Bertz CT molecular complexity index is 415. The molecule has 15 heavy (non-hydrogen) atoms. The molecule has 0 bridgehead atoms. The summed E-state index contributed by atoms with van der Waals surface area (Å²) in [4.78, 5) is 4.35. The van der Waals surface area contributed by atoms with E-state index in [2.05, 4.69) is 28.5 Å². The van der Waals surface area contributed by atoms with Crippen LogP contribution in [0.3, 0.4) is 0 Å². The molecule has 0 aromatic heterocycles. The fraction of sp³-hybridized carbons (Fsp3) is 0.250. The van der Waals surface area contributed by atoms with E-state index in [9.17, 15) is 0 Å².